The first-order chi connectivity index (χ1) is 11.7. The maximum atomic E-state index is 12.6. The van der Waals surface area contributed by atoms with Crippen LogP contribution in [-0.4, -0.2) is 50.3 Å². The Morgan fingerprint density at radius 2 is 2.08 bits per heavy atom. The van der Waals surface area contributed by atoms with Crippen molar-refractivity contribution in [3.05, 3.63) is 46.1 Å². The number of aromatic nitrogens is 5. The Hall–Kier alpha value is -2.94. The van der Waals surface area contributed by atoms with E-state index >= 15 is 0 Å². The van der Waals surface area contributed by atoms with Gasteiger partial charge in [0, 0.05) is 18.1 Å². The van der Waals surface area contributed by atoms with Crippen molar-refractivity contribution in [3.8, 4) is 11.5 Å². The topological polar surface area (TPSA) is 104 Å². The van der Waals surface area contributed by atoms with E-state index in [2.05, 4.69) is 15.3 Å². The van der Waals surface area contributed by atoms with Crippen LogP contribution >= 0.6 is 0 Å². The van der Waals surface area contributed by atoms with Crippen LogP contribution in [0.2, 0.25) is 0 Å². The second-order valence-corrected chi connectivity index (χ2v) is 5.06. The van der Waals surface area contributed by atoms with E-state index in [1.807, 2.05) is 6.07 Å². The molecule has 1 N–H and O–H groups in total. The Morgan fingerprint density at radius 1 is 1.25 bits per heavy atom. The Bertz CT molecular complexity index is 918. The minimum Gasteiger partial charge on any atom is -0.497 e. The second-order valence-electron chi connectivity index (χ2n) is 5.06. The maximum absolute atomic E-state index is 12.6. The van der Waals surface area contributed by atoms with Crippen molar-refractivity contribution >= 4 is 5.78 Å². The van der Waals surface area contributed by atoms with Crippen LogP contribution in [-0.2, 0) is 13.0 Å². The first kappa shape index (κ1) is 15.9. The number of rotatable bonds is 6. The summed E-state index contributed by atoms with van der Waals surface area (Å²) < 4.78 is 13.3. The highest BCUT2D eigenvalue weighted by Crippen LogP contribution is 2.25. The molecule has 0 unspecified atom stereocenters. The Balaban J connectivity index is 2.07. The van der Waals surface area contributed by atoms with Gasteiger partial charge in [0.25, 0.3) is 11.3 Å². The molecule has 1 aromatic carbocycles. The fourth-order valence-electron chi connectivity index (χ4n) is 2.48. The van der Waals surface area contributed by atoms with Gasteiger partial charge in [0.15, 0.2) is 0 Å². The molecule has 3 aromatic rings. The molecule has 3 rings (SSSR count). The van der Waals surface area contributed by atoms with Crippen molar-refractivity contribution in [1.82, 2.24) is 24.4 Å². The van der Waals surface area contributed by atoms with Gasteiger partial charge in [0.2, 0.25) is 0 Å². The summed E-state index contributed by atoms with van der Waals surface area (Å²) >= 11 is 0. The van der Waals surface area contributed by atoms with Crippen LogP contribution in [0.3, 0.4) is 0 Å². The summed E-state index contributed by atoms with van der Waals surface area (Å²) in [6.07, 6.45) is 1.68. The summed E-state index contributed by atoms with van der Waals surface area (Å²) in [7, 11) is 3.13. The van der Waals surface area contributed by atoms with Gasteiger partial charge >= 0.3 is 0 Å². The lowest BCUT2D eigenvalue weighted by atomic mass is 10.1. The molecule has 9 heteroatoms. The number of ether oxygens (including phenoxy) is 2. The molecule has 0 aliphatic heterocycles. The zero-order chi connectivity index (χ0) is 17.1. The van der Waals surface area contributed by atoms with Gasteiger partial charge in [-0.25, -0.2) is 0 Å². The highest BCUT2D eigenvalue weighted by atomic mass is 16.5. The molecule has 0 saturated heterocycles. The molecule has 0 radical (unpaired) electrons. The molecule has 0 spiro atoms. The zero-order valence-corrected chi connectivity index (χ0v) is 13.3. The van der Waals surface area contributed by atoms with E-state index in [4.69, 9.17) is 9.47 Å². The number of hydrogen-bond donors (Lipinski definition) is 1. The Morgan fingerprint density at radius 3 is 2.79 bits per heavy atom. The number of methoxy groups -OCH3 is 2. The lowest BCUT2D eigenvalue weighted by molar-refractivity contribution is 0.274. The van der Waals surface area contributed by atoms with Gasteiger partial charge in [-0.3, -0.25) is 9.36 Å². The predicted octanol–water partition coefficient (Wildman–Crippen LogP) is -0.114. The van der Waals surface area contributed by atoms with Crippen LogP contribution in [0.1, 0.15) is 11.3 Å². The number of nitrogens with zero attached hydrogens (tertiary/aromatic N) is 5. The van der Waals surface area contributed by atoms with Crippen LogP contribution in [0.25, 0.3) is 5.78 Å². The van der Waals surface area contributed by atoms with Gasteiger partial charge in [-0.1, -0.05) is 6.07 Å². The van der Waals surface area contributed by atoms with Crippen LogP contribution in [0.4, 0.5) is 0 Å². The molecule has 0 saturated carbocycles. The third-order valence-electron chi connectivity index (χ3n) is 3.65. The molecule has 2 aromatic heterocycles. The SMILES string of the molecule is COc1ccc(Cc2nn3cnnc3n(CCO)c2=O)c(OC)c1. The lowest BCUT2D eigenvalue weighted by Crippen LogP contribution is -2.29. The average Bonchev–Trinajstić information content (AvgIpc) is 3.07. The summed E-state index contributed by atoms with van der Waals surface area (Å²) in [6.45, 7) is -0.0615. The molecular weight excluding hydrogens is 314 g/mol. The standard InChI is InChI=1S/C15H17N5O4/c1-23-11-4-3-10(13(8-11)24-2)7-12-14(22)19(5-6-21)15-17-16-9-20(15)18-12/h3-4,8-9,21H,5-7H2,1-2H3. The molecule has 0 bridgehead atoms. The first-order valence-corrected chi connectivity index (χ1v) is 7.29. The summed E-state index contributed by atoms with van der Waals surface area (Å²) in [5.41, 5.74) is 0.785. The van der Waals surface area contributed by atoms with Crippen LogP contribution in [0.5, 0.6) is 11.5 Å². The van der Waals surface area contributed by atoms with Crippen molar-refractivity contribution in [2.45, 2.75) is 13.0 Å². The first-order valence-electron chi connectivity index (χ1n) is 7.29. The van der Waals surface area contributed by atoms with Crippen molar-refractivity contribution in [3.63, 3.8) is 0 Å². The van der Waals surface area contributed by atoms with E-state index in [1.165, 1.54) is 15.4 Å². The highest BCUT2D eigenvalue weighted by molar-refractivity contribution is 5.42. The van der Waals surface area contributed by atoms with Crippen molar-refractivity contribution < 1.29 is 14.6 Å². The molecule has 0 aliphatic carbocycles. The van der Waals surface area contributed by atoms with Crippen molar-refractivity contribution in [2.75, 3.05) is 20.8 Å². The minimum atomic E-state index is -0.317. The fourth-order valence-corrected chi connectivity index (χ4v) is 2.48. The monoisotopic (exact) mass is 331 g/mol. The van der Waals surface area contributed by atoms with Gasteiger partial charge in [-0.05, 0) is 6.07 Å². The number of hydrogen-bond acceptors (Lipinski definition) is 7. The molecule has 0 aliphatic rings. The van der Waals surface area contributed by atoms with Gasteiger partial charge < -0.3 is 14.6 Å². The largest absolute Gasteiger partial charge is 0.497 e. The molecule has 24 heavy (non-hydrogen) atoms. The van der Waals surface area contributed by atoms with Gasteiger partial charge in [0.1, 0.15) is 23.5 Å². The number of aliphatic hydroxyl groups excluding tert-OH is 1. The number of aliphatic hydroxyl groups is 1. The normalized spacial score (nSPS) is 11.0. The molecule has 9 nitrogen and oxygen atoms in total. The Labute approximate surface area is 137 Å². The highest BCUT2D eigenvalue weighted by Gasteiger charge is 2.15. The van der Waals surface area contributed by atoms with Crippen LogP contribution in [0.15, 0.2) is 29.3 Å². The summed E-state index contributed by atoms with van der Waals surface area (Å²) in [6, 6.07) is 5.37. The van der Waals surface area contributed by atoms with E-state index in [0.717, 1.165) is 5.56 Å². The van der Waals surface area contributed by atoms with E-state index in [1.54, 1.807) is 26.4 Å². The van der Waals surface area contributed by atoms with E-state index < -0.39 is 0 Å². The maximum Gasteiger partial charge on any atom is 0.277 e. The van der Waals surface area contributed by atoms with Gasteiger partial charge in [-0.2, -0.15) is 9.61 Å². The Kier molecular flexibility index (Phi) is 4.43. The third kappa shape index (κ3) is 2.81. The van der Waals surface area contributed by atoms with Crippen molar-refractivity contribution in [2.24, 2.45) is 0 Å². The predicted molar refractivity (Wildman–Crippen MR) is 84.5 cm³/mol. The summed E-state index contributed by atoms with van der Waals surface area (Å²) in [4.78, 5) is 12.6. The lowest BCUT2D eigenvalue weighted by Gasteiger charge is -2.11. The van der Waals surface area contributed by atoms with Crippen LogP contribution in [0, 0.1) is 0 Å². The molecule has 0 fully saturated rings. The molecule has 126 valence electrons. The van der Waals surface area contributed by atoms with Crippen molar-refractivity contribution in [1.29, 1.82) is 0 Å². The quantitative estimate of drug-likeness (QED) is 0.672. The van der Waals surface area contributed by atoms with Gasteiger partial charge in [-0.15, -0.1) is 10.2 Å². The second kappa shape index (κ2) is 6.67. The third-order valence-corrected chi connectivity index (χ3v) is 3.65. The molecule has 2 heterocycles. The molecule has 0 atom stereocenters. The van der Waals surface area contributed by atoms with E-state index in [-0.39, 0.29) is 25.1 Å². The van der Waals surface area contributed by atoms with E-state index in [0.29, 0.717) is 23.0 Å². The summed E-state index contributed by atoms with van der Waals surface area (Å²) in [5.74, 6) is 1.56. The zero-order valence-electron chi connectivity index (χ0n) is 13.3. The summed E-state index contributed by atoms with van der Waals surface area (Å²) in [5, 5.41) is 21.1. The van der Waals surface area contributed by atoms with Gasteiger partial charge in [0.05, 0.1) is 27.4 Å². The number of benzene rings is 1. The smallest absolute Gasteiger partial charge is 0.277 e. The fraction of sp³-hybridized carbons (Fsp3) is 0.333. The van der Waals surface area contributed by atoms with Crippen LogP contribution < -0.4 is 15.0 Å². The average molecular weight is 331 g/mol. The van der Waals surface area contributed by atoms with E-state index in [9.17, 15) is 9.90 Å². The number of fused-ring (bicyclic) bond motifs is 1. The molecule has 0 amide bonds. The minimum absolute atomic E-state index is 0.121. The molecular formula is C15H17N5O4.